The van der Waals surface area contributed by atoms with Crippen LogP contribution in [0.25, 0.3) is 0 Å². The smallest absolute Gasteiger partial charge is 0.108 e. The zero-order chi connectivity index (χ0) is 12.1. The summed E-state index contributed by atoms with van der Waals surface area (Å²) in [5.41, 5.74) is 0. The van der Waals surface area contributed by atoms with Crippen LogP contribution in [-0.4, -0.2) is 34.1 Å². The fraction of sp³-hybridized carbons (Fsp3) is 0.786. The Labute approximate surface area is 105 Å². The summed E-state index contributed by atoms with van der Waals surface area (Å²) in [5.74, 6) is 1.26. The van der Waals surface area contributed by atoms with Gasteiger partial charge in [-0.15, -0.1) is 0 Å². The predicted octanol–water partition coefficient (Wildman–Crippen LogP) is 2.71. The topological polar surface area (TPSA) is 21.1 Å². The summed E-state index contributed by atoms with van der Waals surface area (Å²) in [5, 5.41) is 0. The lowest BCUT2D eigenvalue weighted by atomic mass is 9.92. The molecule has 1 saturated carbocycles. The number of aryl methyl sites for hydroxylation is 2. The van der Waals surface area contributed by atoms with Crippen molar-refractivity contribution in [3.05, 3.63) is 18.2 Å². The molecule has 0 saturated heterocycles. The third kappa shape index (κ3) is 3.32. The maximum atomic E-state index is 4.46. The number of imidazole rings is 1. The molecule has 3 nitrogen and oxygen atoms in total. The number of nitrogens with zero attached hydrogens (tertiary/aromatic N) is 3. The van der Waals surface area contributed by atoms with Crippen LogP contribution in [0.15, 0.2) is 12.4 Å². The van der Waals surface area contributed by atoms with Gasteiger partial charge in [0, 0.05) is 31.4 Å². The van der Waals surface area contributed by atoms with E-state index < -0.39 is 0 Å². The number of aromatic nitrogens is 2. The van der Waals surface area contributed by atoms with Crippen LogP contribution in [0.5, 0.6) is 0 Å². The summed E-state index contributed by atoms with van der Waals surface area (Å²) >= 11 is 0. The van der Waals surface area contributed by atoms with E-state index in [-0.39, 0.29) is 0 Å². The van der Waals surface area contributed by atoms with E-state index in [2.05, 4.69) is 34.6 Å². The third-order valence-corrected chi connectivity index (χ3v) is 3.88. The maximum absolute atomic E-state index is 4.46. The van der Waals surface area contributed by atoms with Crippen molar-refractivity contribution in [2.45, 2.75) is 58.0 Å². The lowest BCUT2D eigenvalue weighted by Crippen LogP contribution is -2.37. The van der Waals surface area contributed by atoms with Crippen LogP contribution in [-0.2, 0) is 13.0 Å². The Morgan fingerprint density at radius 3 is 2.94 bits per heavy atom. The summed E-state index contributed by atoms with van der Waals surface area (Å²) in [6.45, 7) is 4.53. The predicted molar refractivity (Wildman–Crippen MR) is 71.1 cm³/mol. The fourth-order valence-electron chi connectivity index (χ4n) is 2.51. The Hall–Kier alpha value is -0.830. The first-order chi connectivity index (χ1) is 8.31. The van der Waals surface area contributed by atoms with Crippen LogP contribution in [0.2, 0.25) is 0 Å². The summed E-state index contributed by atoms with van der Waals surface area (Å²) in [6, 6.07) is 0.866. The van der Waals surface area contributed by atoms with Crippen LogP contribution in [0.1, 0.15) is 44.9 Å². The van der Waals surface area contributed by atoms with Gasteiger partial charge in [-0.05, 0) is 39.3 Å². The minimum atomic E-state index is 0.866. The van der Waals surface area contributed by atoms with E-state index in [1.165, 1.54) is 44.5 Å². The van der Waals surface area contributed by atoms with E-state index in [1.807, 2.05) is 6.20 Å². The van der Waals surface area contributed by atoms with Crippen LogP contribution >= 0.6 is 0 Å². The van der Waals surface area contributed by atoms with Crippen molar-refractivity contribution in [2.75, 3.05) is 13.6 Å². The number of hydrogen-bond donors (Lipinski definition) is 0. The Balaban J connectivity index is 1.71. The molecule has 3 heteroatoms. The average molecular weight is 235 g/mol. The van der Waals surface area contributed by atoms with Crippen molar-refractivity contribution >= 4 is 0 Å². The molecule has 17 heavy (non-hydrogen) atoms. The van der Waals surface area contributed by atoms with Gasteiger partial charge in [0.2, 0.25) is 0 Å². The van der Waals surface area contributed by atoms with E-state index in [1.54, 1.807) is 0 Å². The maximum Gasteiger partial charge on any atom is 0.108 e. The highest BCUT2D eigenvalue weighted by atomic mass is 15.1. The summed E-state index contributed by atoms with van der Waals surface area (Å²) in [7, 11) is 2.27. The highest BCUT2D eigenvalue weighted by Crippen LogP contribution is 2.23. The molecule has 0 atom stereocenters. The Kier molecular flexibility index (Phi) is 4.60. The van der Waals surface area contributed by atoms with E-state index in [4.69, 9.17) is 0 Å². The second kappa shape index (κ2) is 6.20. The average Bonchev–Trinajstić information content (AvgIpc) is 2.64. The van der Waals surface area contributed by atoms with Crippen LogP contribution in [0.4, 0.5) is 0 Å². The van der Waals surface area contributed by atoms with E-state index in [9.17, 15) is 0 Å². The molecule has 1 aromatic rings. The van der Waals surface area contributed by atoms with Crippen molar-refractivity contribution < 1.29 is 0 Å². The standard InChI is InChI=1S/C14H25N3/c1-3-10-17-12-9-15-14(17)8-5-11-16(2)13-6-4-7-13/h9,12-13H,3-8,10-11H2,1-2H3. The summed E-state index contributed by atoms with van der Waals surface area (Å²) < 4.78 is 2.29. The molecule has 1 fully saturated rings. The minimum Gasteiger partial charge on any atom is -0.335 e. The van der Waals surface area contributed by atoms with Gasteiger partial charge >= 0.3 is 0 Å². The number of hydrogen-bond acceptors (Lipinski definition) is 2. The zero-order valence-corrected chi connectivity index (χ0v) is 11.2. The molecule has 0 bridgehead atoms. The molecule has 0 spiro atoms. The van der Waals surface area contributed by atoms with Gasteiger partial charge in [-0.25, -0.2) is 4.98 Å². The van der Waals surface area contributed by atoms with Crippen molar-refractivity contribution in [3.63, 3.8) is 0 Å². The van der Waals surface area contributed by atoms with E-state index in [0.717, 1.165) is 19.0 Å². The highest BCUT2D eigenvalue weighted by Gasteiger charge is 2.21. The molecule has 0 amide bonds. The molecule has 96 valence electrons. The first kappa shape index (κ1) is 12.6. The van der Waals surface area contributed by atoms with Gasteiger partial charge in [-0.3, -0.25) is 0 Å². The Morgan fingerprint density at radius 2 is 2.29 bits per heavy atom. The van der Waals surface area contributed by atoms with E-state index >= 15 is 0 Å². The lowest BCUT2D eigenvalue weighted by Gasteiger charge is -2.34. The van der Waals surface area contributed by atoms with Crippen molar-refractivity contribution in [1.82, 2.24) is 14.5 Å². The summed E-state index contributed by atoms with van der Waals surface area (Å²) in [6.07, 6.45) is 11.8. The van der Waals surface area contributed by atoms with Gasteiger partial charge in [-0.1, -0.05) is 13.3 Å². The molecule has 0 N–H and O–H groups in total. The van der Waals surface area contributed by atoms with Crippen LogP contribution in [0, 0.1) is 0 Å². The molecule has 0 aromatic carbocycles. The molecule has 1 heterocycles. The molecule has 1 aliphatic rings. The molecule has 0 radical (unpaired) electrons. The Morgan fingerprint density at radius 1 is 1.47 bits per heavy atom. The monoisotopic (exact) mass is 235 g/mol. The van der Waals surface area contributed by atoms with Gasteiger partial charge in [-0.2, -0.15) is 0 Å². The lowest BCUT2D eigenvalue weighted by molar-refractivity contribution is 0.158. The molecule has 1 aliphatic carbocycles. The SMILES string of the molecule is CCCn1ccnc1CCCN(C)C1CCC1. The highest BCUT2D eigenvalue weighted by molar-refractivity contribution is 4.92. The fourth-order valence-corrected chi connectivity index (χ4v) is 2.51. The van der Waals surface area contributed by atoms with Crippen molar-refractivity contribution in [3.8, 4) is 0 Å². The molecule has 0 aliphatic heterocycles. The van der Waals surface area contributed by atoms with Crippen molar-refractivity contribution in [1.29, 1.82) is 0 Å². The van der Waals surface area contributed by atoms with Gasteiger partial charge in [0.1, 0.15) is 5.82 Å². The molecule has 2 rings (SSSR count). The van der Waals surface area contributed by atoms with Gasteiger partial charge in [0.25, 0.3) is 0 Å². The largest absolute Gasteiger partial charge is 0.335 e. The van der Waals surface area contributed by atoms with Gasteiger partial charge in [0.15, 0.2) is 0 Å². The molecule has 1 aromatic heterocycles. The van der Waals surface area contributed by atoms with E-state index in [0.29, 0.717) is 0 Å². The van der Waals surface area contributed by atoms with Gasteiger partial charge in [0.05, 0.1) is 0 Å². The summed E-state index contributed by atoms with van der Waals surface area (Å²) in [4.78, 5) is 6.98. The molecular weight excluding hydrogens is 210 g/mol. The molecule has 0 unspecified atom stereocenters. The molecular formula is C14H25N3. The second-order valence-corrected chi connectivity index (χ2v) is 5.21. The Bertz CT molecular complexity index is 328. The normalized spacial score (nSPS) is 16.4. The second-order valence-electron chi connectivity index (χ2n) is 5.21. The third-order valence-electron chi connectivity index (χ3n) is 3.88. The first-order valence-electron chi connectivity index (χ1n) is 7.01. The van der Waals surface area contributed by atoms with Crippen LogP contribution < -0.4 is 0 Å². The number of rotatable bonds is 7. The van der Waals surface area contributed by atoms with Gasteiger partial charge < -0.3 is 9.47 Å². The quantitative estimate of drug-likeness (QED) is 0.724. The van der Waals surface area contributed by atoms with Crippen molar-refractivity contribution in [2.24, 2.45) is 0 Å². The van der Waals surface area contributed by atoms with Crippen LogP contribution in [0.3, 0.4) is 0 Å². The zero-order valence-electron chi connectivity index (χ0n) is 11.2. The minimum absolute atomic E-state index is 0.866. The first-order valence-corrected chi connectivity index (χ1v) is 7.01.